The second-order valence-corrected chi connectivity index (χ2v) is 4.98. The zero-order chi connectivity index (χ0) is 13.8. The number of aromatic nitrogens is 3. The smallest absolute Gasteiger partial charge is 0.234 e. The van der Waals surface area contributed by atoms with Crippen molar-refractivity contribution in [2.24, 2.45) is 5.73 Å². The van der Waals surface area contributed by atoms with Crippen LogP contribution in [0.1, 0.15) is 11.3 Å². The highest BCUT2D eigenvalue weighted by Gasteiger charge is 2.06. The summed E-state index contributed by atoms with van der Waals surface area (Å²) >= 11 is 3.42. The standard InChI is InChI=1S/C12H14BrN5O/c1-8-4-9(13)2-3-11(8)18-7-10(16-17-18)6-15-12(19)5-14/h2-4,7H,5-6,14H2,1H3,(H,15,19). The predicted molar refractivity (Wildman–Crippen MR) is 74.7 cm³/mol. The maximum Gasteiger partial charge on any atom is 0.234 e. The molecule has 1 amide bonds. The van der Waals surface area contributed by atoms with Gasteiger partial charge in [0.05, 0.1) is 25.0 Å². The van der Waals surface area contributed by atoms with Gasteiger partial charge in [0, 0.05) is 4.47 Å². The van der Waals surface area contributed by atoms with Gasteiger partial charge in [-0.1, -0.05) is 21.1 Å². The highest BCUT2D eigenvalue weighted by atomic mass is 79.9. The van der Waals surface area contributed by atoms with Crippen LogP contribution in [0, 0.1) is 6.92 Å². The number of hydrogen-bond donors (Lipinski definition) is 2. The van der Waals surface area contributed by atoms with Crippen LogP contribution in [-0.4, -0.2) is 27.4 Å². The number of nitrogens with one attached hydrogen (secondary N) is 1. The zero-order valence-corrected chi connectivity index (χ0v) is 12.0. The Kier molecular flexibility index (Phi) is 4.28. The van der Waals surface area contributed by atoms with Gasteiger partial charge in [0.1, 0.15) is 5.69 Å². The molecule has 1 aromatic carbocycles. The Morgan fingerprint density at radius 2 is 2.32 bits per heavy atom. The number of nitrogens with zero attached hydrogens (tertiary/aromatic N) is 3. The molecule has 0 atom stereocenters. The first kappa shape index (κ1) is 13.7. The predicted octanol–water partition coefficient (Wildman–Crippen LogP) is 0.913. The second kappa shape index (κ2) is 5.94. The van der Waals surface area contributed by atoms with Crippen molar-refractivity contribution in [3.05, 3.63) is 40.1 Å². The van der Waals surface area contributed by atoms with Crippen molar-refractivity contribution in [2.75, 3.05) is 6.54 Å². The molecule has 0 aliphatic rings. The van der Waals surface area contributed by atoms with Gasteiger partial charge in [0.25, 0.3) is 0 Å². The van der Waals surface area contributed by atoms with Crippen molar-refractivity contribution in [2.45, 2.75) is 13.5 Å². The fourth-order valence-corrected chi connectivity index (χ4v) is 2.11. The van der Waals surface area contributed by atoms with E-state index in [4.69, 9.17) is 5.73 Å². The van der Waals surface area contributed by atoms with Gasteiger partial charge in [0.15, 0.2) is 0 Å². The van der Waals surface area contributed by atoms with Gasteiger partial charge in [-0.3, -0.25) is 4.79 Å². The third-order valence-corrected chi connectivity index (χ3v) is 3.09. The molecule has 0 aliphatic carbocycles. The highest BCUT2D eigenvalue weighted by molar-refractivity contribution is 9.10. The molecule has 0 aliphatic heterocycles. The van der Waals surface area contributed by atoms with Crippen LogP contribution in [-0.2, 0) is 11.3 Å². The normalized spacial score (nSPS) is 10.5. The summed E-state index contributed by atoms with van der Waals surface area (Å²) < 4.78 is 2.70. The summed E-state index contributed by atoms with van der Waals surface area (Å²) in [5, 5.41) is 10.7. The minimum atomic E-state index is -0.214. The fraction of sp³-hybridized carbons (Fsp3) is 0.250. The molecule has 7 heteroatoms. The molecule has 0 spiro atoms. The van der Waals surface area contributed by atoms with E-state index in [1.54, 1.807) is 10.9 Å². The number of halogens is 1. The van der Waals surface area contributed by atoms with E-state index in [0.717, 1.165) is 15.7 Å². The van der Waals surface area contributed by atoms with Crippen molar-refractivity contribution in [3.63, 3.8) is 0 Å². The van der Waals surface area contributed by atoms with Crippen LogP contribution < -0.4 is 11.1 Å². The van der Waals surface area contributed by atoms with Crippen molar-refractivity contribution < 1.29 is 4.79 Å². The summed E-state index contributed by atoms with van der Waals surface area (Å²) in [5.74, 6) is -0.214. The molecule has 0 radical (unpaired) electrons. The molecule has 19 heavy (non-hydrogen) atoms. The SMILES string of the molecule is Cc1cc(Br)ccc1-n1cc(CNC(=O)CN)nn1. The summed E-state index contributed by atoms with van der Waals surface area (Å²) in [4.78, 5) is 11.1. The molecule has 0 fully saturated rings. The molecule has 6 nitrogen and oxygen atoms in total. The molecule has 2 aromatic rings. The van der Waals surface area contributed by atoms with Gasteiger partial charge in [-0.25, -0.2) is 4.68 Å². The lowest BCUT2D eigenvalue weighted by Crippen LogP contribution is -2.29. The van der Waals surface area contributed by atoms with E-state index in [0.29, 0.717) is 12.2 Å². The minimum Gasteiger partial charge on any atom is -0.349 e. The maximum atomic E-state index is 11.1. The average Bonchev–Trinajstić information content (AvgIpc) is 2.84. The quantitative estimate of drug-likeness (QED) is 0.875. The third-order valence-electron chi connectivity index (χ3n) is 2.60. The van der Waals surface area contributed by atoms with Crippen LogP contribution >= 0.6 is 15.9 Å². The van der Waals surface area contributed by atoms with Gasteiger partial charge >= 0.3 is 0 Å². The molecule has 2 rings (SSSR count). The Hall–Kier alpha value is -1.73. The third kappa shape index (κ3) is 3.39. The Bertz CT molecular complexity index is 596. The molecule has 100 valence electrons. The number of rotatable bonds is 4. The van der Waals surface area contributed by atoms with E-state index in [1.807, 2.05) is 25.1 Å². The lowest BCUT2D eigenvalue weighted by molar-refractivity contribution is -0.119. The van der Waals surface area contributed by atoms with Crippen LogP contribution in [0.15, 0.2) is 28.9 Å². The maximum absolute atomic E-state index is 11.1. The number of hydrogen-bond acceptors (Lipinski definition) is 4. The monoisotopic (exact) mass is 323 g/mol. The van der Waals surface area contributed by atoms with Crippen LogP contribution in [0.2, 0.25) is 0 Å². The van der Waals surface area contributed by atoms with E-state index < -0.39 is 0 Å². The van der Waals surface area contributed by atoms with E-state index in [9.17, 15) is 4.79 Å². The zero-order valence-electron chi connectivity index (χ0n) is 10.4. The van der Waals surface area contributed by atoms with Crippen molar-refractivity contribution in [1.82, 2.24) is 20.3 Å². The van der Waals surface area contributed by atoms with Crippen LogP contribution in [0.5, 0.6) is 0 Å². The topological polar surface area (TPSA) is 85.8 Å². The fourth-order valence-electron chi connectivity index (χ4n) is 1.63. The van der Waals surface area contributed by atoms with Gasteiger partial charge in [-0.05, 0) is 30.7 Å². The van der Waals surface area contributed by atoms with E-state index in [-0.39, 0.29) is 12.5 Å². The molecule has 0 saturated carbocycles. The molecule has 1 heterocycles. The molecular weight excluding hydrogens is 310 g/mol. The summed E-state index contributed by atoms with van der Waals surface area (Å²) in [6.45, 7) is 2.29. The van der Waals surface area contributed by atoms with Gasteiger partial charge in [-0.2, -0.15) is 0 Å². The molecule has 0 bridgehead atoms. The number of aryl methyl sites for hydroxylation is 1. The summed E-state index contributed by atoms with van der Waals surface area (Å²) in [7, 11) is 0. The molecular formula is C12H14BrN5O. The Morgan fingerprint density at radius 1 is 1.53 bits per heavy atom. The average molecular weight is 324 g/mol. The second-order valence-electron chi connectivity index (χ2n) is 4.07. The Labute approximate surface area is 119 Å². The number of carbonyl (C=O) groups excluding carboxylic acids is 1. The number of carbonyl (C=O) groups is 1. The molecule has 0 unspecified atom stereocenters. The van der Waals surface area contributed by atoms with Gasteiger partial charge < -0.3 is 11.1 Å². The molecule has 1 aromatic heterocycles. The van der Waals surface area contributed by atoms with Crippen LogP contribution in [0.3, 0.4) is 0 Å². The van der Waals surface area contributed by atoms with Crippen LogP contribution in [0.25, 0.3) is 5.69 Å². The van der Waals surface area contributed by atoms with Crippen molar-refractivity contribution in [3.8, 4) is 5.69 Å². The van der Waals surface area contributed by atoms with E-state index >= 15 is 0 Å². The largest absolute Gasteiger partial charge is 0.349 e. The first-order valence-electron chi connectivity index (χ1n) is 5.74. The first-order chi connectivity index (χ1) is 9.10. The summed E-state index contributed by atoms with van der Waals surface area (Å²) in [6.07, 6.45) is 1.78. The van der Waals surface area contributed by atoms with Crippen molar-refractivity contribution >= 4 is 21.8 Å². The first-order valence-corrected chi connectivity index (χ1v) is 6.54. The molecule has 0 saturated heterocycles. The lowest BCUT2D eigenvalue weighted by atomic mass is 10.2. The van der Waals surface area contributed by atoms with Gasteiger partial charge in [0.2, 0.25) is 5.91 Å². The lowest BCUT2D eigenvalue weighted by Gasteiger charge is -2.04. The Balaban J connectivity index is 2.14. The molecule has 3 N–H and O–H groups in total. The Morgan fingerprint density at radius 3 is 3.00 bits per heavy atom. The number of nitrogens with two attached hydrogens (primary N) is 1. The minimum absolute atomic E-state index is 0.0278. The summed E-state index contributed by atoms with van der Waals surface area (Å²) in [6, 6.07) is 5.91. The van der Waals surface area contributed by atoms with E-state index in [2.05, 4.69) is 31.6 Å². The number of benzene rings is 1. The summed E-state index contributed by atoms with van der Waals surface area (Å²) in [5.41, 5.74) is 7.92. The van der Waals surface area contributed by atoms with Crippen LogP contribution in [0.4, 0.5) is 0 Å². The highest BCUT2D eigenvalue weighted by Crippen LogP contribution is 2.18. The number of amides is 1. The van der Waals surface area contributed by atoms with Gasteiger partial charge in [-0.15, -0.1) is 5.10 Å². The van der Waals surface area contributed by atoms with Crippen molar-refractivity contribution in [1.29, 1.82) is 0 Å². The van der Waals surface area contributed by atoms with E-state index in [1.165, 1.54) is 0 Å².